The second-order valence-corrected chi connectivity index (χ2v) is 8.09. The molecule has 0 N–H and O–H groups in total. The number of aryl methyl sites for hydroxylation is 1. The number of benzene rings is 1. The number of amides is 2. The molecule has 4 rings (SSSR count). The van der Waals surface area contributed by atoms with Gasteiger partial charge in [0.05, 0.1) is 17.6 Å². The van der Waals surface area contributed by atoms with E-state index < -0.39 is 0 Å². The Kier molecular flexibility index (Phi) is 6.60. The van der Waals surface area contributed by atoms with Gasteiger partial charge in [-0.05, 0) is 37.1 Å². The lowest BCUT2D eigenvalue weighted by Gasteiger charge is -2.21. The molecule has 0 unspecified atom stereocenters. The predicted octanol–water partition coefficient (Wildman–Crippen LogP) is 3.50. The summed E-state index contributed by atoms with van der Waals surface area (Å²) in [6, 6.07) is 13.2. The molecule has 0 atom stereocenters. The highest BCUT2D eigenvalue weighted by Gasteiger charge is 2.20. The maximum absolute atomic E-state index is 12.8. The summed E-state index contributed by atoms with van der Waals surface area (Å²) in [5.74, 6) is 0.819. The quantitative estimate of drug-likeness (QED) is 0.613. The van der Waals surface area contributed by atoms with Crippen LogP contribution in [0.1, 0.15) is 48.4 Å². The van der Waals surface area contributed by atoms with Gasteiger partial charge in [0.15, 0.2) is 0 Å². The fourth-order valence-electron chi connectivity index (χ4n) is 4.15. The number of carbonyl (C=O) groups is 2. The van der Waals surface area contributed by atoms with Gasteiger partial charge in [0.2, 0.25) is 5.91 Å². The van der Waals surface area contributed by atoms with Gasteiger partial charge in [-0.25, -0.2) is 4.98 Å². The van der Waals surface area contributed by atoms with Crippen LogP contribution in [-0.2, 0) is 17.9 Å². The molecule has 162 valence electrons. The standard InChI is InChI=1S/C24H29N5O2/c1-27(24(31)20-11-6-7-14-25-20)18-22-26-19-10-4-5-12-21(19)29(22)17-13-23(30)28-15-8-2-3-9-16-28/h4-7,10-12,14H,2-3,8-9,13,15-18H2,1H3. The van der Waals surface area contributed by atoms with E-state index in [4.69, 9.17) is 4.98 Å². The van der Waals surface area contributed by atoms with Crippen LogP contribution in [0.2, 0.25) is 0 Å². The molecular weight excluding hydrogens is 390 g/mol. The molecule has 3 heterocycles. The lowest BCUT2D eigenvalue weighted by molar-refractivity contribution is -0.131. The summed E-state index contributed by atoms with van der Waals surface area (Å²) in [7, 11) is 1.75. The zero-order chi connectivity index (χ0) is 21.6. The Bertz CT molecular complexity index is 1040. The van der Waals surface area contributed by atoms with E-state index in [1.807, 2.05) is 29.2 Å². The van der Waals surface area contributed by atoms with Crippen molar-refractivity contribution in [3.63, 3.8) is 0 Å². The number of imidazole rings is 1. The largest absolute Gasteiger partial charge is 0.343 e. The van der Waals surface area contributed by atoms with Crippen LogP contribution in [0.25, 0.3) is 11.0 Å². The van der Waals surface area contributed by atoms with E-state index in [-0.39, 0.29) is 11.8 Å². The molecule has 31 heavy (non-hydrogen) atoms. The molecule has 1 aliphatic rings. The van der Waals surface area contributed by atoms with Crippen molar-refractivity contribution in [3.05, 3.63) is 60.2 Å². The van der Waals surface area contributed by atoms with E-state index >= 15 is 0 Å². The monoisotopic (exact) mass is 419 g/mol. The van der Waals surface area contributed by atoms with Gasteiger partial charge >= 0.3 is 0 Å². The Morgan fingerprint density at radius 1 is 1.00 bits per heavy atom. The van der Waals surface area contributed by atoms with Crippen molar-refractivity contribution >= 4 is 22.8 Å². The van der Waals surface area contributed by atoms with E-state index in [1.54, 1.807) is 36.3 Å². The summed E-state index contributed by atoms with van der Waals surface area (Å²) >= 11 is 0. The van der Waals surface area contributed by atoms with Crippen molar-refractivity contribution in [3.8, 4) is 0 Å². The van der Waals surface area contributed by atoms with Crippen LogP contribution in [0.4, 0.5) is 0 Å². The number of pyridine rings is 1. The highest BCUT2D eigenvalue weighted by atomic mass is 16.2. The maximum Gasteiger partial charge on any atom is 0.272 e. The van der Waals surface area contributed by atoms with Crippen LogP contribution < -0.4 is 0 Å². The van der Waals surface area contributed by atoms with Crippen molar-refractivity contribution < 1.29 is 9.59 Å². The topological polar surface area (TPSA) is 71.3 Å². The van der Waals surface area contributed by atoms with Gasteiger partial charge in [-0.1, -0.05) is 31.0 Å². The number of carbonyl (C=O) groups excluding carboxylic acids is 2. The molecule has 2 aromatic heterocycles. The van der Waals surface area contributed by atoms with Gasteiger partial charge in [0.25, 0.3) is 5.91 Å². The zero-order valence-corrected chi connectivity index (χ0v) is 18.0. The summed E-state index contributed by atoms with van der Waals surface area (Å²) in [5, 5.41) is 0. The first kappa shape index (κ1) is 21.0. The molecule has 1 aromatic carbocycles. The van der Waals surface area contributed by atoms with Crippen molar-refractivity contribution in [2.75, 3.05) is 20.1 Å². The minimum Gasteiger partial charge on any atom is -0.343 e. The Morgan fingerprint density at radius 3 is 2.48 bits per heavy atom. The Labute approximate surface area is 182 Å². The number of hydrogen-bond acceptors (Lipinski definition) is 4. The van der Waals surface area contributed by atoms with Gasteiger partial charge in [-0.2, -0.15) is 0 Å². The summed E-state index contributed by atoms with van der Waals surface area (Å²) < 4.78 is 2.08. The molecule has 0 radical (unpaired) electrons. The molecule has 7 nitrogen and oxygen atoms in total. The van der Waals surface area contributed by atoms with Crippen molar-refractivity contribution in [1.82, 2.24) is 24.3 Å². The molecule has 7 heteroatoms. The van der Waals surface area contributed by atoms with Gasteiger partial charge in [0, 0.05) is 39.3 Å². The highest BCUT2D eigenvalue weighted by molar-refractivity contribution is 5.92. The van der Waals surface area contributed by atoms with Gasteiger partial charge in [-0.3, -0.25) is 14.6 Å². The van der Waals surface area contributed by atoms with Gasteiger partial charge in [-0.15, -0.1) is 0 Å². The number of nitrogens with zero attached hydrogens (tertiary/aromatic N) is 5. The van der Waals surface area contributed by atoms with E-state index in [1.165, 1.54) is 12.8 Å². The molecular formula is C24H29N5O2. The molecule has 0 saturated carbocycles. The van der Waals surface area contributed by atoms with E-state index in [9.17, 15) is 9.59 Å². The SMILES string of the molecule is CN(Cc1nc2ccccc2n1CCC(=O)N1CCCCCC1)C(=O)c1ccccn1. The number of likely N-dealkylation sites (tertiary alicyclic amines) is 1. The van der Waals surface area contributed by atoms with Crippen LogP contribution in [0, 0.1) is 0 Å². The number of para-hydroxylation sites is 2. The Morgan fingerprint density at radius 2 is 1.74 bits per heavy atom. The summed E-state index contributed by atoms with van der Waals surface area (Å²) in [4.78, 5) is 38.1. The maximum atomic E-state index is 12.8. The fraction of sp³-hybridized carbons (Fsp3) is 0.417. The average Bonchev–Trinajstić information content (AvgIpc) is 2.95. The fourth-order valence-corrected chi connectivity index (χ4v) is 4.15. The second-order valence-electron chi connectivity index (χ2n) is 8.09. The minimum atomic E-state index is -0.153. The zero-order valence-electron chi connectivity index (χ0n) is 18.0. The summed E-state index contributed by atoms with van der Waals surface area (Å²) in [6.07, 6.45) is 6.64. The van der Waals surface area contributed by atoms with Crippen molar-refractivity contribution in [2.45, 2.75) is 45.2 Å². The van der Waals surface area contributed by atoms with E-state index in [0.717, 1.165) is 42.8 Å². The van der Waals surface area contributed by atoms with Gasteiger partial charge in [0.1, 0.15) is 11.5 Å². The van der Waals surface area contributed by atoms with Crippen LogP contribution in [0.5, 0.6) is 0 Å². The minimum absolute atomic E-state index is 0.153. The molecule has 3 aromatic rings. The molecule has 1 saturated heterocycles. The molecule has 1 aliphatic heterocycles. The Balaban J connectivity index is 1.51. The molecule has 2 amide bonds. The third-order valence-electron chi connectivity index (χ3n) is 5.85. The smallest absolute Gasteiger partial charge is 0.272 e. The predicted molar refractivity (Wildman–Crippen MR) is 119 cm³/mol. The molecule has 1 fully saturated rings. The first-order chi connectivity index (χ1) is 15.1. The normalized spacial score (nSPS) is 14.4. The summed E-state index contributed by atoms with van der Waals surface area (Å²) in [6.45, 7) is 2.62. The number of fused-ring (bicyclic) bond motifs is 1. The van der Waals surface area contributed by atoms with Crippen LogP contribution in [-0.4, -0.2) is 56.3 Å². The molecule has 0 aliphatic carbocycles. The first-order valence-corrected chi connectivity index (χ1v) is 11.0. The lowest BCUT2D eigenvalue weighted by atomic mass is 10.2. The third kappa shape index (κ3) is 4.93. The molecule has 0 bridgehead atoms. The number of hydrogen-bond donors (Lipinski definition) is 0. The van der Waals surface area contributed by atoms with Crippen molar-refractivity contribution in [2.24, 2.45) is 0 Å². The van der Waals surface area contributed by atoms with E-state index in [2.05, 4.69) is 9.55 Å². The third-order valence-corrected chi connectivity index (χ3v) is 5.85. The highest BCUT2D eigenvalue weighted by Crippen LogP contribution is 2.19. The van der Waals surface area contributed by atoms with Gasteiger partial charge < -0.3 is 14.4 Å². The van der Waals surface area contributed by atoms with Crippen LogP contribution in [0.15, 0.2) is 48.7 Å². The second kappa shape index (κ2) is 9.73. The van der Waals surface area contributed by atoms with Crippen LogP contribution >= 0.6 is 0 Å². The number of aromatic nitrogens is 3. The first-order valence-electron chi connectivity index (χ1n) is 11.0. The lowest BCUT2D eigenvalue weighted by Crippen LogP contribution is -2.33. The Hall–Kier alpha value is -3.22. The molecule has 0 spiro atoms. The van der Waals surface area contributed by atoms with Crippen LogP contribution in [0.3, 0.4) is 0 Å². The summed E-state index contributed by atoms with van der Waals surface area (Å²) in [5.41, 5.74) is 2.27. The average molecular weight is 420 g/mol. The van der Waals surface area contributed by atoms with Crippen molar-refractivity contribution in [1.29, 1.82) is 0 Å². The van der Waals surface area contributed by atoms with E-state index in [0.29, 0.717) is 25.2 Å². The number of rotatable bonds is 6.